The number of nitrogens with zero attached hydrogens (tertiary/aromatic N) is 3. The van der Waals surface area contributed by atoms with Gasteiger partial charge in [0.25, 0.3) is 5.91 Å². The summed E-state index contributed by atoms with van der Waals surface area (Å²) in [5, 5.41) is 11.4. The van der Waals surface area contributed by atoms with Gasteiger partial charge < -0.3 is 10.1 Å². The molecule has 0 aliphatic carbocycles. The first-order chi connectivity index (χ1) is 14.8. The Morgan fingerprint density at radius 2 is 1.55 bits per heavy atom. The predicted octanol–water partition coefficient (Wildman–Crippen LogP) is 4.62. The number of rotatable bonds is 7. The van der Waals surface area contributed by atoms with Crippen molar-refractivity contribution in [3.8, 4) is 5.69 Å². The predicted molar refractivity (Wildman–Crippen MR) is 120 cm³/mol. The fourth-order valence-electron chi connectivity index (χ4n) is 3.31. The highest BCUT2D eigenvalue weighted by atomic mass is 16.5. The summed E-state index contributed by atoms with van der Waals surface area (Å²) in [6.07, 6.45) is 0. The third-order valence-corrected chi connectivity index (χ3v) is 4.93. The largest absolute Gasteiger partial charge is 0.451 e. The van der Waals surface area contributed by atoms with Crippen LogP contribution in [0.15, 0.2) is 48.5 Å². The molecule has 0 bridgehead atoms. The fourth-order valence-corrected chi connectivity index (χ4v) is 3.31. The molecule has 31 heavy (non-hydrogen) atoms. The number of aromatic nitrogens is 3. The minimum atomic E-state index is -0.684. The third-order valence-electron chi connectivity index (χ3n) is 4.93. The lowest BCUT2D eigenvalue weighted by Crippen LogP contribution is -2.23. The van der Waals surface area contributed by atoms with Crippen LogP contribution >= 0.6 is 0 Å². The molecule has 162 valence electrons. The highest BCUT2D eigenvalue weighted by Crippen LogP contribution is 2.32. The van der Waals surface area contributed by atoms with E-state index in [2.05, 4.69) is 43.2 Å². The van der Waals surface area contributed by atoms with E-state index in [9.17, 15) is 9.59 Å². The summed E-state index contributed by atoms with van der Waals surface area (Å²) in [6, 6.07) is 15.3. The average molecular weight is 421 g/mol. The van der Waals surface area contributed by atoms with Gasteiger partial charge >= 0.3 is 5.97 Å². The number of nitrogens with one attached hydrogen (secondary N) is 1. The van der Waals surface area contributed by atoms with Crippen molar-refractivity contribution in [1.82, 2.24) is 15.0 Å². The molecule has 0 aliphatic rings. The van der Waals surface area contributed by atoms with E-state index in [0.29, 0.717) is 5.69 Å². The van der Waals surface area contributed by atoms with E-state index < -0.39 is 18.5 Å². The lowest BCUT2D eigenvalue weighted by atomic mass is 9.92. The molecule has 1 heterocycles. The van der Waals surface area contributed by atoms with Crippen LogP contribution in [0.1, 0.15) is 66.8 Å². The molecule has 0 radical (unpaired) electrons. The Bertz CT molecular complexity index is 1050. The zero-order valence-electron chi connectivity index (χ0n) is 18.5. The van der Waals surface area contributed by atoms with Crippen molar-refractivity contribution in [2.45, 2.75) is 46.5 Å². The Labute approximate surface area is 182 Å². The number of para-hydroxylation sites is 2. The van der Waals surface area contributed by atoms with Gasteiger partial charge in [0, 0.05) is 5.69 Å². The van der Waals surface area contributed by atoms with Crippen LogP contribution in [0.25, 0.3) is 5.69 Å². The second-order valence-corrected chi connectivity index (χ2v) is 8.00. The first-order valence-corrected chi connectivity index (χ1v) is 10.4. The Morgan fingerprint density at radius 1 is 0.935 bits per heavy atom. The lowest BCUT2D eigenvalue weighted by Gasteiger charge is -2.20. The van der Waals surface area contributed by atoms with Gasteiger partial charge in [0.1, 0.15) is 0 Å². The van der Waals surface area contributed by atoms with Gasteiger partial charge in [-0.2, -0.15) is 9.90 Å². The molecule has 2 aromatic carbocycles. The van der Waals surface area contributed by atoms with Crippen molar-refractivity contribution >= 4 is 17.6 Å². The number of amides is 1. The van der Waals surface area contributed by atoms with Crippen LogP contribution in [0, 0.1) is 6.92 Å². The molecule has 0 saturated carbocycles. The number of anilines is 1. The normalized spacial score (nSPS) is 11.1. The summed E-state index contributed by atoms with van der Waals surface area (Å²) in [7, 11) is 0. The number of ether oxygens (including phenoxy) is 1. The van der Waals surface area contributed by atoms with Crippen LogP contribution in [-0.2, 0) is 9.53 Å². The molecule has 3 rings (SSSR count). The van der Waals surface area contributed by atoms with Crippen LogP contribution in [0.2, 0.25) is 0 Å². The van der Waals surface area contributed by atoms with E-state index in [-0.39, 0.29) is 17.5 Å². The first kappa shape index (κ1) is 22.2. The monoisotopic (exact) mass is 420 g/mol. The molecular weight excluding hydrogens is 392 g/mol. The van der Waals surface area contributed by atoms with Crippen LogP contribution in [0.4, 0.5) is 5.69 Å². The Balaban J connectivity index is 1.70. The Kier molecular flexibility index (Phi) is 6.84. The molecule has 0 atom stereocenters. The zero-order chi connectivity index (χ0) is 22.5. The number of carbonyl (C=O) groups excluding carboxylic acids is 2. The first-order valence-electron chi connectivity index (χ1n) is 10.4. The fraction of sp³-hybridized carbons (Fsp3) is 0.333. The minimum absolute atomic E-state index is 0.0853. The van der Waals surface area contributed by atoms with Gasteiger partial charge in [0.05, 0.1) is 11.4 Å². The topological polar surface area (TPSA) is 86.1 Å². The summed E-state index contributed by atoms with van der Waals surface area (Å²) in [4.78, 5) is 26.5. The lowest BCUT2D eigenvalue weighted by molar-refractivity contribution is -0.119. The number of esters is 1. The van der Waals surface area contributed by atoms with E-state index in [1.807, 2.05) is 48.5 Å². The molecule has 0 fully saturated rings. The zero-order valence-corrected chi connectivity index (χ0v) is 18.5. The molecule has 1 N–H and O–H groups in total. The summed E-state index contributed by atoms with van der Waals surface area (Å²) >= 11 is 0. The van der Waals surface area contributed by atoms with Gasteiger partial charge in [0.15, 0.2) is 12.3 Å². The number of benzene rings is 2. The maximum absolute atomic E-state index is 12.6. The molecule has 1 amide bonds. The number of aryl methyl sites for hydroxylation is 1. The summed E-state index contributed by atoms with van der Waals surface area (Å²) in [5.74, 6) is -0.591. The molecule has 7 nitrogen and oxygen atoms in total. The van der Waals surface area contributed by atoms with E-state index in [4.69, 9.17) is 4.74 Å². The summed E-state index contributed by atoms with van der Waals surface area (Å²) in [6.45, 7) is 9.58. The second-order valence-electron chi connectivity index (χ2n) is 8.00. The highest BCUT2D eigenvalue weighted by Gasteiger charge is 2.20. The van der Waals surface area contributed by atoms with E-state index >= 15 is 0 Å². The van der Waals surface area contributed by atoms with Crippen molar-refractivity contribution < 1.29 is 14.3 Å². The smallest absolute Gasteiger partial charge is 0.361 e. The van der Waals surface area contributed by atoms with Crippen molar-refractivity contribution in [1.29, 1.82) is 0 Å². The van der Waals surface area contributed by atoms with Crippen LogP contribution < -0.4 is 5.32 Å². The molecule has 0 aliphatic heterocycles. The van der Waals surface area contributed by atoms with Crippen molar-refractivity contribution in [3.63, 3.8) is 0 Å². The second kappa shape index (κ2) is 9.55. The van der Waals surface area contributed by atoms with E-state index in [0.717, 1.165) is 22.5 Å². The van der Waals surface area contributed by atoms with Gasteiger partial charge in [-0.3, -0.25) is 4.79 Å². The molecule has 7 heteroatoms. The van der Waals surface area contributed by atoms with Crippen LogP contribution in [-0.4, -0.2) is 33.5 Å². The SMILES string of the molecule is Cc1nn(-c2ccccc2)nc1C(=O)OCC(=O)Nc1c(C(C)C)cccc1C(C)C. The number of carbonyl (C=O) groups is 2. The summed E-state index contributed by atoms with van der Waals surface area (Å²) in [5.41, 5.74) is 4.14. The third kappa shape index (κ3) is 5.17. The quantitative estimate of drug-likeness (QED) is 0.564. The maximum Gasteiger partial charge on any atom is 0.361 e. The van der Waals surface area contributed by atoms with Crippen molar-refractivity contribution in [2.75, 3.05) is 11.9 Å². The van der Waals surface area contributed by atoms with Crippen LogP contribution in [0.5, 0.6) is 0 Å². The van der Waals surface area contributed by atoms with E-state index in [1.54, 1.807) is 6.92 Å². The molecule has 3 aromatic rings. The minimum Gasteiger partial charge on any atom is -0.451 e. The number of hydrogen-bond donors (Lipinski definition) is 1. The molecule has 1 aromatic heterocycles. The van der Waals surface area contributed by atoms with E-state index in [1.165, 1.54) is 4.80 Å². The molecular formula is C24H28N4O3. The Morgan fingerprint density at radius 3 is 2.13 bits per heavy atom. The molecule has 0 saturated heterocycles. The van der Waals surface area contributed by atoms with Gasteiger partial charge in [-0.05, 0) is 42.0 Å². The van der Waals surface area contributed by atoms with Gasteiger partial charge in [-0.25, -0.2) is 4.79 Å². The standard InChI is InChI=1S/C24H28N4O3/c1-15(2)19-12-9-13-20(16(3)4)23(19)25-21(29)14-31-24(30)22-17(5)26-28(27-22)18-10-7-6-8-11-18/h6-13,15-16H,14H2,1-5H3,(H,25,29). The van der Waals surface area contributed by atoms with Crippen molar-refractivity contribution in [2.24, 2.45) is 0 Å². The molecule has 0 unspecified atom stereocenters. The number of hydrogen-bond acceptors (Lipinski definition) is 5. The van der Waals surface area contributed by atoms with Gasteiger partial charge in [0.2, 0.25) is 0 Å². The van der Waals surface area contributed by atoms with Gasteiger partial charge in [-0.15, -0.1) is 5.10 Å². The molecule has 0 spiro atoms. The highest BCUT2D eigenvalue weighted by molar-refractivity contribution is 5.96. The van der Waals surface area contributed by atoms with Crippen LogP contribution in [0.3, 0.4) is 0 Å². The van der Waals surface area contributed by atoms with Crippen molar-refractivity contribution in [3.05, 3.63) is 71.0 Å². The Hall–Kier alpha value is -3.48. The summed E-state index contributed by atoms with van der Waals surface area (Å²) < 4.78 is 5.23. The average Bonchev–Trinajstić information content (AvgIpc) is 3.14. The van der Waals surface area contributed by atoms with Gasteiger partial charge in [-0.1, -0.05) is 64.1 Å². The maximum atomic E-state index is 12.6.